The Hall–Kier alpha value is -2.14. The molecule has 24 heavy (non-hydrogen) atoms. The number of benzene rings is 1. The van der Waals surface area contributed by atoms with Crippen molar-refractivity contribution in [3.63, 3.8) is 0 Å². The quantitative estimate of drug-likeness (QED) is 0.684. The first-order valence-electron chi connectivity index (χ1n) is 8.24. The van der Waals surface area contributed by atoms with Gasteiger partial charge in [-0.05, 0) is 18.9 Å². The summed E-state index contributed by atoms with van der Waals surface area (Å²) >= 11 is 0. The highest BCUT2D eigenvalue weighted by molar-refractivity contribution is 6.04. The van der Waals surface area contributed by atoms with E-state index in [0.717, 1.165) is 18.4 Å². The van der Waals surface area contributed by atoms with E-state index in [1.807, 2.05) is 30.3 Å². The molecule has 0 aliphatic carbocycles. The molecule has 0 saturated heterocycles. The predicted octanol–water partition coefficient (Wildman–Crippen LogP) is 3.18. The van der Waals surface area contributed by atoms with Crippen LogP contribution in [0, 0.1) is 0 Å². The smallest absolute Gasteiger partial charge is 0.338 e. The second-order valence-electron chi connectivity index (χ2n) is 5.83. The molecule has 0 spiro atoms. The maximum absolute atomic E-state index is 12.1. The zero-order valence-corrected chi connectivity index (χ0v) is 14.4. The number of hydrogen-bond acceptors (Lipinski definition) is 5. The Morgan fingerprint density at radius 2 is 2.00 bits per heavy atom. The number of carbonyl (C=O) groups excluding carboxylic acids is 2. The molecule has 1 heterocycles. The number of methoxy groups -OCH3 is 1. The molecule has 0 N–H and O–H groups in total. The number of unbranched alkanes of at least 4 members (excludes halogenated alkanes) is 1. The van der Waals surface area contributed by atoms with Gasteiger partial charge in [0.25, 0.3) is 0 Å². The van der Waals surface area contributed by atoms with Crippen molar-refractivity contribution in [2.45, 2.75) is 51.9 Å². The fourth-order valence-corrected chi connectivity index (χ4v) is 2.73. The molecule has 0 aromatic heterocycles. The average molecular weight is 332 g/mol. The van der Waals surface area contributed by atoms with E-state index in [9.17, 15) is 9.59 Å². The third kappa shape index (κ3) is 4.23. The molecule has 1 aromatic rings. The van der Waals surface area contributed by atoms with Crippen LogP contribution in [-0.2, 0) is 30.4 Å². The van der Waals surface area contributed by atoms with E-state index in [4.69, 9.17) is 14.2 Å². The second-order valence-corrected chi connectivity index (χ2v) is 5.83. The lowest BCUT2D eigenvalue weighted by Crippen LogP contribution is -2.34. The van der Waals surface area contributed by atoms with Gasteiger partial charge in [-0.3, -0.25) is 0 Å². The lowest BCUT2D eigenvalue weighted by molar-refractivity contribution is -0.148. The van der Waals surface area contributed by atoms with Crippen LogP contribution < -0.4 is 0 Å². The number of carbonyl (C=O) groups is 2. The average Bonchev–Trinajstić information content (AvgIpc) is 2.90. The SMILES string of the molecule is CCCC[C@H](OCc1ccccc1)[C@H]1OC(=O)C(C)=C1C(=O)OC. The summed E-state index contributed by atoms with van der Waals surface area (Å²) in [7, 11) is 1.30. The van der Waals surface area contributed by atoms with Gasteiger partial charge < -0.3 is 14.2 Å². The lowest BCUT2D eigenvalue weighted by atomic mass is 9.98. The molecule has 2 rings (SSSR count). The van der Waals surface area contributed by atoms with E-state index >= 15 is 0 Å². The van der Waals surface area contributed by atoms with Crippen molar-refractivity contribution in [3.8, 4) is 0 Å². The first-order valence-corrected chi connectivity index (χ1v) is 8.24. The van der Waals surface area contributed by atoms with Crippen LogP contribution in [0.5, 0.6) is 0 Å². The van der Waals surface area contributed by atoms with Crippen LogP contribution >= 0.6 is 0 Å². The van der Waals surface area contributed by atoms with Gasteiger partial charge in [-0.15, -0.1) is 0 Å². The molecule has 0 radical (unpaired) electrons. The maximum Gasteiger partial charge on any atom is 0.338 e. The van der Waals surface area contributed by atoms with Gasteiger partial charge in [-0.1, -0.05) is 50.1 Å². The summed E-state index contributed by atoms with van der Waals surface area (Å²) < 4.78 is 16.3. The second kappa shape index (κ2) is 8.64. The van der Waals surface area contributed by atoms with E-state index in [1.54, 1.807) is 6.92 Å². The molecule has 5 heteroatoms. The summed E-state index contributed by atoms with van der Waals surface area (Å²) in [6, 6.07) is 9.77. The Morgan fingerprint density at radius 1 is 1.29 bits per heavy atom. The molecule has 130 valence electrons. The van der Waals surface area contributed by atoms with Crippen LogP contribution in [-0.4, -0.2) is 31.3 Å². The Morgan fingerprint density at radius 3 is 2.62 bits per heavy atom. The van der Waals surface area contributed by atoms with Crippen molar-refractivity contribution in [3.05, 3.63) is 47.0 Å². The number of esters is 2. The fraction of sp³-hybridized carbons (Fsp3) is 0.474. The topological polar surface area (TPSA) is 61.8 Å². The van der Waals surface area contributed by atoms with Gasteiger partial charge in [-0.2, -0.15) is 0 Å². The molecule has 0 unspecified atom stereocenters. The minimum absolute atomic E-state index is 0.275. The Kier molecular flexibility index (Phi) is 6.55. The summed E-state index contributed by atoms with van der Waals surface area (Å²) in [5, 5.41) is 0. The standard InChI is InChI=1S/C19H24O5/c1-4-5-11-15(23-12-14-9-7-6-8-10-14)17-16(19(21)22-3)13(2)18(20)24-17/h6-10,15,17H,4-5,11-12H2,1-3H3/t15-,17+/m0/s1. The number of cyclic esters (lactones) is 1. The minimum Gasteiger partial charge on any atom is -0.466 e. The van der Waals surface area contributed by atoms with Crippen molar-refractivity contribution in [2.24, 2.45) is 0 Å². The number of rotatable bonds is 8. The number of hydrogen-bond donors (Lipinski definition) is 0. The van der Waals surface area contributed by atoms with Crippen molar-refractivity contribution in [2.75, 3.05) is 7.11 Å². The van der Waals surface area contributed by atoms with Gasteiger partial charge in [0.1, 0.15) is 0 Å². The highest BCUT2D eigenvalue weighted by Crippen LogP contribution is 2.30. The van der Waals surface area contributed by atoms with Gasteiger partial charge in [0.05, 0.1) is 25.4 Å². The largest absolute Gasteiger partial charge is 0.466 e. The summed E-state index contributed by atoms with van der Waals surface area (Å²) in [5.41, 5.74) is 1.61. The molecule has 0 saturated carbocycles. The fourth-order valence-electron chi connectivity index (χ4n) is 2.73. The van der Waals surface area contributed by atoms with Crippen LogP contribution in [0.15, 0.2) is 41.5 Å². The highest BCUT2D eigenvalue weighted by Gasteiger charge is 2.41. The summed E-state index contributed by atoms with van der Waals surface area (Å²) in [5.74, 6) is -1.02. The summed E-state index contributed by atoms with van der Waals surface area (Å²) in [6.07, 6.45) is 1.53. The number of ether oxygens (including phenoxy) is 3. The van der Waals surface area contributed by atoms with Crippen LogP contribution in [0.2, 0.25) is 0 Å². The van der Waals surface area contributed by atoms with Gasteiger partial charge in [-0.25, -0.2) is 9.59 Å². The van der Waals surface area contributed by atoms with E-state index in [2.05, 4.69) is 6.92 Å². The zero-order valence-electron chi connectivity index (χ0n) is 14.4. The molecule has 0 bridgehead atoms. The first-order chi connectivity index (χ1) is 11.6. The Balaban J connectivity index is 2.17. The maximum atomic E-state index is 12.1. The van der Waals surface area contributed by atoms with Crippen LogP contribution in [0.4, 0.5) is 0 Å². The van der Waals surface area contributed by atoms with Crippen LogP contribution in [0.25, 0.3) is 0 Å². The Labute approximate surface area is 142 Å². The molecule has 1 aliphatic rings. The van der Waals surface area contributed by atoms with E-state index < -0.39 is 18.0 Å². The van der Waals surface area contributed by atoms with E-state index in [-0.39, 0.29) is 11.7 Å². The minimum atomic E-state index is -0.708. The lowest BCUT2D eigenvalue weighted by Gasteiger charge is -2.24. The third-order valence-corrected chi connectivity index (χ3v) is 4.12. The highest BCUT2D eigenvalue weighted by atomic mass is 16.6. The predicted molar refractivity (Wildman–Crippen MR) is 89.1 cm³/mol. The molecule has 2 atom stereocenters. The van der Waals surface area contributed by atoms with Gasteiger partial charge in [0, 0.05) is 5.57 Å². The van der Waals surface area contributed by atoms with Crippen molar-refractivity contribution in [1.29, 1.82) is 0 Å². The van der Waals surface area contributed by atoms with E-state index in [0.29, 0.717) is 18.6 Å². The summed E-state index contributed by atoms with van der Waals surface area (Å²) in [6.45, 7) is 4.07. The molecule has 5 nitrogen and oxygen atoms in total. The molecule has 1 aromatic carbocycles. The summed E-state index contributed by atoms with van der Waals surface area (Å²) in [4.78, 5) is 24.0. The monoisotopic (exact) mass is 332 g/mol. The third-order valence-electron chi connectivity index (χ3n) is 4.12. The van der Waals surface area contributed by atoms with Gasteiger partial charge >= 0.3 is 11.9 Å². The van der Waals surface area contributed by atoms with Gasteiger partial charge in [0.15, 0.2) is 6.10 Å². The first kappa shape index (κ1) is 18.2. The zero-order chi connectivity index (χ0) is 17.5. The van der Waals surface area contributed by atoms with Crippen molar-refractivity contribution < 1.29 is 23.8 Å². The van der Waals surface area contributed by atoms with Crippen LogP contribution in [0.1, 0.15) is 38.7 Å². The van der Waals surface area contributed by atoms with Crippen LogP contribution in [0.3, 0.4) is 0 Å². The Bertz CT molecular complexity index is 605. The molecule has 0 amide bonds. The molecular weight excluding hydrogens is 308 g/mol. The van der Waals surface area contributed by atoms with Gasteiger partial charge in [0.2, 0.25) is 0 Å². The van der Waals surface area contributed by atoms with Crippen molar-refractivity contribution in [1.82, 2.24) is 0 Å². The molecule has 1 aliphatic heterocycles. The van der Waals surface area contributed by atoms with E-state index in [1.165, 1.54) is 7.11 Å². The molecular formula is C19H24O5. The normalized spacial score (nSPS) is 18.5. The molecule has 0 fully saturated rings. The van der Waals surface area contributed by atoms with Crippen molar-refractivity contribution >= 4 is 11.9 Å².